The number of rotatable bonds is 4. The van der Waals surface area contributed by atoms with Gasteiger partial charge in [0, 0.05) is 12.4 Å². The molecular formula is C19H20N2. The quantitative estimate of drug-likeness (QED) is 0.737. The smallest absolute Gasteiger partial charge is 0.249 e. The molecule has 106 valence electrons. The lowest BCUT2D eigenvalue weighted by atomic mass is 10.0. The molecular weight excluding hydrogens is 256 g/mol. The van der Waals surface area contributed by atoms with Crippen LogP contribution in [-0.2, 0) is 0 Å². The molecule has 2 heteroatoms. The molecule has 2 aromatic carbocycles. The molecule has 0 aromatic heterocycles. The Bertz CT molecular complexity index is 582. The van der Waals surface area contributed by atoms with Gasteiger partial charge in [-0.25, -0.2) is 0 Å². The average Bonchev–Trinajstić information content (AvgIpc) is 2.44. The Morgan fingerprint density at radius 3 is 1.33 bits per heavy atom. The first kappa shape index (κ1) is 15.2. The molecule has 0 saturated carbocycles. The second-order valence-corrected chi connectivity index (χ2v) is 5.23. The van der Waals surface area contributed by atoms with E-state index in [4.69, 9.17) is 0 Å². The van der Waals surface area contributed by atoms with Crippen LogP contribution in [0.15, 0.2) is 46.4 Å². The van der Waals surface area contributed by atoms with Gasteiger partial charge in [-0.2, -0.15) is 0 Å². The van der Waals surface area contributed by atoms with E-state index in [-0.39, 0.29) is 0 Å². The number of nitrogens with zero attached hydrogens (tertiary/aromatic N) is 2. The van der Waals surface area contributed by atoms with E-state index in [9.17, 15) is 0 Å². The molecule has 0 aliphatic heterocycles. The summed E-state index contributed by atoms with van der Waals surface area (Å²) in [6.07, 6.45) is 3.62. The van der Waals surface area contributed by atoms with Crippen LogP contribution in [0.3, 0.4) is 0 Å². The van der Waals surface area contributed by atoms with Crippen molar-refractivity contribution in [3.63, 3.8) is 0 Å². The van der Waals surface area contributed by atoms with E-state index < -0.39 is 0 Å². The highest BCUT2D eigenvalue weighted by Gasteiger charge is 1.99. The van der Waals surface area contributed by atoms with Gasteiger partial charge in [-0.3, -0.25) is 9.98 Å². The van der Waals surface area contributed by atoms with Gasteiger partial charge in [-0.1, -0.05) is 36.4 Å². The summed E-state index contributed by atoms with van der Waals surface area (Å²) in [6.45, 7) is 11.0. The van der Waals surface area contributed by atoms with Gasteiger partial charge in [0.2, 0.25) is 6.67 Å². The fraction of sp³-hybridized carbons (Fsp3) is 0.211. The zero-order chi connectivity index (χ0) is 15.2. The second kappa shape index (κ2) is 6.98. The minimum absolute atomic E-state index is 1.13. The molecule has 0 N–H and O–H groups in total. The topological polar surface area (TPSA) is 24.7 Å². The average molecular weight is 276 g/mol. The Labute approximate surface area is 127 Å². The first-order chi connectivity index (χ1) is 10.1. The molecule has 0 bridgehead atoms. The highest BCUT2D eigenvalue weighted by Crippen LogP contribution is 2.12. The molecule has 2 nitrogen and oxygen atoms in total. The Morgan fingerprint density at radius 2 is 1.00 bits per heavy atom. The van der Waals surface area contributed by atoms with Gasteiger partial charge < -0.3 is 0 Å². The van der Waals surface area contributed by atoms with Crippen molar-refractivity contribution in [2.24, 2.45) is 9.98 Å². The summed E-state index contributed by atoms with van der Waals surface area (Å²) < 4.78 is 0. The lowest BCUT2D eigenvalue weighted by molar-refractivity contribution is 1.24. The van der Waals surface area contributed by atoms with Crippen LogP contribution in [-0.4, -0.2) is 12.4 Å². The maximum Gasteiger partial charge on any atom is 0.249 e. The minimum atomic E-state index is 1.13. The first-order valence-electron chi connectivity index (χ1n) is 7.03. The van der Waals surface area contributed by atoms with Crippen LogP contribution < -0.4 is 0 Å². The standard InChI is InChI=1S/C19H20N2/c1-14-7-5-8-15(2)18(14)11-20-13-21-12-19-16(3)9-6-10-17(19)4/h5-12H,1-4H3/b20-11+,21-12+. The molecule has 21 heavy (non-hydrogen) atoms. The molecule has 2 aromatic rings. The van der Waals surface area contributed by atoms with Gasteiger partial charge in [0.15, 0.2) is 0 Å². The van der Waals surface area contributed by atoms with Gasteiger partial charge in [-0.05, 0) is 61.1 Å². The predicted octanol–water partition coefficient (Wildman–Crippen LogP) is 4.45. The fourth-order valence-electron chi connectivity index (χ4n) is 2.28. The largest absolute Gasteiger partial charge is 0.253 e. The molecule has 0 saturated heterocycles. The maximum atomic E-state index is 4.16. The molecule has 2 radical (unpaired) electrons. The zero-order valence-corrected chi connectivity index (χ0v) is 13.0. The van der Waals surface area contributed by atoms with Gasteiger partial charge >= 0.3 is 0 Å². The molecule has 0 fully saturated rings. The van der Waals surface area contributed by atoms with Crippen molar-refractivity contribution in [2.75, 3.05) is 0 Å². The van der Waals surface area contributed by atoms with Crippen molar-refractivity contribution in [3.05, 3.63) is 76.4 Å². The molecule has 0 aliphatic carbocycles. The van der Waals surface area contributed by atoms with Crippen LogP contribution in [0, 0.1) is 34.4 Å². The fourth-order valence-corrected chi connectivity index (χ4v) is 2.28. The number of hydrogen-bond donors (Lipinski definition) is 0. The summed E-state index contributed by atoms with van der Waals surface area (Å²) in [4.78, 5) is 8.33. The van der Waals surface area contributed by atoms with Crippen LogP contribution in [0.1, 0.15) is 33.4 Å². The van der Waals surface area contributed by atoms with Crippen LogP contribution in [0.5, 0.6) is 0 Å². The van der Waals surface area contributed by atoms with Crippen LogP contribution in [0.2, 0.25) is 0 Å². The van der Waals surface area contributed by atoms with Crippen molar-refractivity contribution in [3.8, 4) is 0 Å². The third-order valence-electron chi connectivity index (χ3n) is 3.59. The zero-order valence-electron chi connectivity index (χ0n) is 13.0. The summed E-state index contributed by atoms with van der Waals surface area (Å²) in [6, 6.07) is 12.4. The summed E-state index contributed by atoms with van der Waals surface area (Å²) in [7, 11) is 0. The lowest BCUT2D eigenvalue weighted by Gasteiger charge is -2.03. The van der Waals surface area contributed by atoms with E-state index in [1.807, 2.05) is 12.4 Å². The summed E-state index contributed by atoms with van der Waals surface area (Å²) >= 11 is 0. The monoisotopic (exact) mass is 276 g/mol. The Morgan fingerprint density at radius 1 is 0.667 bits per heavy atom. The van der Waals surface area contributed by atoms with E-state index >= 15 is 0 Å². The number of benzene rings is 2. The lowest BCUT2D eigenvalue weighted by Crippen LogP contribution is -1.92. The number of aryl methyl sites for hydroxylation is 4. The Balaban J connectivity index is 2.04. The first-order valence-corrected chi connectivity index (χ1v) is 7.03. The van der Waals surface area contributed by atoms with Crippen molar-refractivity contribution < 1.29 is 0 Å². The maximum absolute atomic E-state index is 4.16. The molecule has 0 unspecified atom stereocenters. The van der Waals surface area contributed by atoms with Gasteiger partial charge in [0.05, 0.1) is 0 Å². The van der Waals surface area contributed by atoms with Crippen LogP contribution in [0.4, 0.5) is 0 Å². The highest BCUT2D eigenvalue weighted by molar-refractivity contribution is 5.85. The van der Waals surface area contributed by atoms with Crippen LogP contribution >= 0.6 is 0 Å². The molecule has 0 heterocycles. The third kappa shape index (κ3) is 3.88. The van der Waals surface area contributed by atoms with Gasteiger partial charge in [0.25, 0.3) is 0 Å². The summed E-state index contributed by atoms with van der Waals surface area (Å²) in [5.41, 5.74) is 7.09. The van der Waals surface area contributed by atoms with E-state index in [0.29, 0.717) is 0 Å². The van der Waals surface area contributed by atoms with E-state index in [1.165, 1.54) is 22.3 Å². The van der Waals surface area contributed by atoms with Crippen molar-refractivity contribution in [1.82, 2.24) is 0 Å². The van der Waals surface area contributed by atoms with E-state index in [0.717, 1.165) is 11.1 Å². The highest BCUT2D eigenvalue weighted by atomic mass is 14.9. The van der Waals surface area contributed by atoms with E-state index in [1.54, 1.807) is 0 Å². The molecule has 0 atom stereocenters. The summed E-state index contributed by atoms with van der Waals surface area (Å²) in [5.74, 6) is 0. The van der Waals surface area contributed by atoms with E-state index in [2.05, 4.69) is 80.7 Å². The number of hydrogen-bond acceptors (Lipinski definition) is 2. The van der Waals surface area contributed by atoms with Crippen LogP contribution in [0.25, 0.3) is 0 Å². The number of aliphatic imine (C=N–C) groups is 2. The molecule has 0 amide bonds. The minimum Gasteiger partial charge on any atom is -0.253 e. The molecule has 0 spiro atoms. The van der Waals surface area contributed by atoms with Crippen molar-refractivity contribution in [2.45, 2.75) is 27.7 Å². The molecule has 0 aliphatic rings. The van der Waals surface area contributed by atoms with Crippen molar-refractivity contribution >= 4 is 12.4 Å². The van der Waals surface area contributed by atoms with Gasteiger partial charge in [0.1, 0.15) is 0 Å². The third-order valence-corrected chi connectivity index (χ3v) is 3.59. The molecule has 2 rings (SSSR count). The van der Waals surface area contributed by atoms with Gasteiger partial charge in [-0.15, -0.1) is 0 Å². The van der Waals surface area contributed by atoms with Crippen molar-refractivity contribution in [1.29, 1.82) is 0 Å². The second-order valence-electron chi connectivity index (χ2n) is 5.23. The normalized spacial score (nSPS) is 11.6. The Kier molecular flexibility index (Phi) is 5.04. The Hall–Kier alpha value is -2.22. The SMILES string of the molecule is Cc1cccc(C)c1/C=N/[C]/N=C/c1c(C)cccc1C. The summed E-state index contributed by atoms with van der Waals surface area (Å²) in [5, 5.41) is 0. The predicted molar refractivity (Wildman–Crippen MR) is 90.3 cm³/mol.